The summed E-state index contributed by atoms with van der Waals surface area (Å²) in [6.45, 7) is 6.36. The van der Waals surface area contributed by atoms with E-state index in [9.17, 15) is 9.59 Å². The van der Waals surface area contributed by atoms with Crippen molar-refractivity contribution in [2.24, 2.45) is 0 Å². The molecule has 6 nitrogen and oxygen atoms in total. The number of carbonyl (C=O) groups excluding carboxylic acids is 2. The van der Waals surface area contributed by atoms with E-state index >= 15 is 0 Å². The van der Waals surface area contributed by atoms with Crippen LogP contribution in [0.5, 0.6) is 5.75 Å². The molecule has 1 aliphatic rings. The molecule has 0 aromatic heterocycles. The highest BCUT2D eigenvalue weighted by Crippen LogP contribution is 2.36. The van der Waals surface area contributed by atoms with Gasteiger partial charge >= 0.3 is 12.0 Å². The van der Waals surface area contributed by atoms with Gasteiger partial charge in [0.15, 0.2) is 0 Å². The van der Waals surface area contributed by atoms with Crippen LogP contribution < -0.4 is 15.4 Å². The van der Waals surface area contributed by atoms with E-state index in [2.05, 4.69) is 17.6 Å². The number of urea groups is 1. The number of esters is 1. The van der Waals surface area contributed by atoms with Gasteiger partial charge in [-0.1, -0.05) is 74.7 Å². The van der Waals surface area contributed by atoms with Crippen LogP contribution in [0, 0.1) is 0 Å². The second-order valence-electron chi connectivity index (χ2n) is 8.09. The van der Waals surface area contributed by atoms with Crippen molar-refractivity contribution in [3.05, 3.63) is 71.3 Å². The van der Waals surface area contributed by atoms with Gasteiger partial charge in [0.05, 0.1) is 30.0 Å². The van der Waals surface area contributed by atoms with Crippen LogP contribution in [0.1, 0.15) is 63.6 Å². The van der Waals surface area contributed by atoms with Gasteiger partial charge < -0.3 is 20.1 Å². The first-order valence-corrected chi connectivity index (χ1v) is 11.3. The van der Waals surface area contributed by atoms with Gasteiger partial charge in [-0.15, -0.1) is 0 Å². The van der Waals surface area contributed by atoms with Crippen molar-refractivity contribution < 1.29 is 19.1 Å². The smallest absolute Gasteiger partial charge is 0.338 e. The van der Waals surface area contributed by atoms with Crippen molar-refractivity contribution in [2.45, 2.75) is 58.6 Å². The number of para-hydroxylation sites is 1. The maximum atomic E-state index is 13.2. The number of amides is 2. The fourth-order valence-corrected chi connectivity index (χ4v) is 3.69. The number of rotatable bonds is 10. The fraction of sp³-hybridized carbons (Fsp3) is 0.385. The maximum Gasteiger partial charge on any atom is 0.338 e. The molecule has 1 aliphatic heterocycles. The number of hydrogen-bond donors (Lipinski definition) is 2. The first kappa shape index (κ1) is 23.4. The third-order valence-corrected chi connectivity index (χ3v) is 5.18. The predicted molar refractivity (Wildman–Crippen MR) is 125 cm³/mol. The molecule has 2 amide bonds. The van der Waals surface area contributed by atoms with Gasteiger partial charge in [0.2, 0.25) is 0 Å². The molecular weight excluding hydrogens is 404 g/mol. The Labute approximate surface area is 190 Å². The highest BCUT2D eigenvalue weighted by Gasteiger charge is 2.36. The highest BCUT2D eigenvalue weighted by atomic mass is 16.5. The molecule has 1 atom stereocenters. The van der Waals surface area contributed by atoms with Crippen molar-refractivity contribution >= 4 is 17.7 Å². The fourth-order valence-electron chi connectivity index (χ4n) is 3.69. The van der Waals surface area contributed by atoms with E-state index < -0.39 is 12.0 Å². The van der Waals surface area contributed by atoms with Crippen molar-refractivity contribution in [1.29, 1.82) is 0 Å². The van der Waals surface area contributed by atoms with E-state index in [1.807, 2.05) is 54.6 Å². The summed E-state index contributed by atoms with van der Waals surface area (Å²) in [5.41, 5.74) is 2.26. The summed E-state index contributed by atoms with van der Waals surface area (Å²) < 4.78 is 11.6. The molecule has 0 saturated carbocycles. The van der Waals surface area contributed by atoms with Crippen LogP contribution in [0.4, 0.5) is 4.79 Å². The van der Waals surface area contributed by atoms with Crippen molar-refractivity contribution in [3.63, 3.8) is 0 Å². The Kier molecular flexibility index (Phi) is 8.31. The van der Waals surface area contributed by atoms with Crippen LogP contribution in [0.15, 0.2) is 60.2 Å². The average Bonchev–Trinajstić information content (AvgIpc) is 2.78. The minimum atomic E-state index is -0.697. The lowest BCUT2D eigenvalue weighted by molar-refractivity contribution is -0.143. The van der Waals surface area contributed by atoms with Crippen LogP contribution in [0.2, 0.25) is 0 Å². The summed E-state index contributed by atoms with van der Waals surface area (Å²) in [7, 11) is 0. The number of ether oxygens (including phenoxy) is 2. The van der Waals surface area contributed by atoms with Crippen LogP contribution in [-0.4, -0.2) is 24.7 Å². The van der Waals surface area contributed by atoms with Crippen LogP contribution >= 0.6 is 0 Å². The molecule has 2 aromatic rings. The Morgan fingerprint density at radius 1 is 1.00 bits per heavy atom. The number of hydrogen-bond acceptors (Lipinski definition) is 4. The standard InChI is InChI=1S/C26H32N2O4/c1-4-5-6-12-17-31-21-16-11-10-15-20(21)24-22(25(29)32-18(2)3)23(27-26(30)28-24)19-13-8-7-9-14-19/h7-11,13-16,18,24H,4-6,12,17H2,1-3H3,(H2,27,28,30). The van der Waals surface area contributed by atoms with E-state index in [-0.39, 0.29) is 12.1 Å². The molecule has 32 heavy (non-hydrogen) atoms. The Balaban J connectivity index is 2.02. The SMILES string of the molecule is CCCCCCOc1ccccc1C1NC(=O)NC(c2ccccc2)=C1C(=O)OC(C)C. The second-order valence-corrected chi connectivity index (χ2v) is 8.09. The van der Waals surface area contributed by atoms with Crippen molar-refractivity contribution in [2.75, 3.05) is 6.61 Å². The molecular formula is C26H32N2O4. The molecule has 170 valence electrons. The largest absolute Gasteiger partial charge is 0.493 e. The first-order chi connectivity index (χ1) is 15.5. The molecule has 6 heteroatoms. The third-order valence-electron chi connectivity index (χ3n) is 5.18. The summed E-state index contributed by atoms with van der Waals surface area (Å²) in [5, 5.41) is 5.71. The quantitative estimate of drug-likeness (QED) is 0.388. The number of benzene rings is 2. The molecule has 0 aliphatic carbocycles. The molecule has 1 unspecified atom stereocenters. The van der Waals surface area contributed by atoms with Crippen molar-refractivity contribution in [1.82, 2.24) is 10.6 Å². The summed E-state index contributed by atoms with van der Waals surface area (Å²) in [5.74, 6) is 0.174. The minimum Gasteiger partial charge on any atom is -0.493 e. The molecule has 3 rings (SSSR count). The number of nitrogens with one attached hydrogen (secondary N) is 2. The topological polar surface area (TPSA) is 76.7 Å². The van der Waals surface area contributed by atoms with Gasteiger partial charge in [0.25, 0.3) is 0 Å². The molecule has 0 saturated heterocycles. The zero-order chi connectivity index (χ0) is 22.9. The van der Waals surface area contributed by atoms with Gasteiger partial charge in [-0.3, -0.25) is 0 Å². The van der Waals surface area contributed by atoms with E-state index in [1.165, 1.54) is 6.42 Å². The number of carbonyl (C=O) groups is 2. The monoisotopic (exact) mass is 436 g/mol. The van der Waals surface area contributed by atoms with Gasteiger partial charge in [-0.25, -0.2) is 9.59 Å². The number of unbranched alkanes of at least 4 members (excludes halogenated alkanes) is 3. The van der Waals surface area contributed by atoms with E-state index in [4.69, 9.17) is 9.47 Å². The normalized spacial score (nSPS) is 15.9. The Bertz CT molecular complexity index is 953. The Hall–Kier alpha value is -3.28. The molecule has 1 heterocycles. The molecule has 0 bridgehead atoms. The van der Waals surface area contributed by atoms with Crippen LogP contribution in [0.3, 0.4) is 0 Å². The lowest BCUT2D eigenvalue weighted by Crippen LogP contribution is -2.45. The molecule has 2 aromatic carbocycles. The van der Waals surface area contributed by atoms with E-state index in [0.717, 1.165) is 30.4 Å². The lowest BCUT2D eigenvalue weighted by atomic mass is 9.92. The van der Waals surface area contributed by atoms with E-state index in [0.29, 0.717) is 23.6 Å². The summed E-state index contributed by atoms with van der Waals surface area (Å²) in [6.07, 6.45) is 4.09. The highest BCUT2D eigenvalue weighted by molar-refractivity contribution is 6.04. The summed E-state index contributed by atoms with van der Waals surface area (Å²) >= 11 is 0. The Morgan fingerprint density at radius 2 is 1.72 bits per heavy atom. The van der Waals surface area contributed by atoms with Gasteiger partial charge in [-0.2, -0.15) is 0 Å². The van der Waals surface area contributed by atoms with Gasteiger partial charge in [0.1, 0.15) is 5.75 Å². The van der Waals surface area contributed by atoms with Gasteiger partial charge in [-0.05, 0) is 31.9 Å². The molecule has 2 N–H and O–H groups in total. The zero-order valence-electron chi connectivity index (χ0n) is 19.0. The molecule has 0 radical (unpaired) electrons. The third kappa shape index (κ3) is 5.90. The van der Waals surface area contributed by atoms with E-state index in [1.54, 1.807) is 13.8 Å². The maximum absolute atomic E-state index is 13.2. The molecule has 0 spiro atoms. The second kappa shape index (κ2) is 11.4. The van der Waals surface area contributed by atoms with Crippen molar-refractivity contribution in [3.8, 4) is 5.75 Å². The van der Waals surface area contributed by atoms with Crippen LogP contribution in [-0.2, 0) is 9.53 Å². The predicted octanol–water partition coefficient (Wildman–Crippen LogP) is 5.36. The summed E-state index contributed by atoms with van der Waals surface area (Å²) in [4.78, 5) is 25.8. The van der Waals surface area contributed by atoms with Gasteiger partial charge in [0, 0.05) is 5.56 Å². The first-order valence-electron chi connectivity index (χ1n) is 11.3. The zero-order valence-corrected chi connectivity index (χ0v) is 19.0. The minimum absolute atomic E-state index is 0.296. The molecule has 0 fully saturated rings. The Morgan fingerprint density at radius 3 is 2.44 bits per heavy atom. The lowest BCUT2D eigenvalue weighted by Gasteiger charge is -2.31. The summed E-state index contributed by atoms with van der Waals surface area (Å²) in [6, 6.07) is 15.8. The average molecular weight is 437 g/mol. The van der Waals surface area contributed by atoms with Crippen LogP contribution in [0.25, 0.3) is 5.70 Å².